The Morgan fingerprint density at radius 3 is 2.68 bits per heavy atom. The Morgan fingerprint density at radius 2 is 1.92 bits per heavy atom. The molecule has 0 atom stereocenters. The molecule has 0 N–H and O–H groups in total. The number of thiophene rings is 1. The molecule has 0 unspecified atom stereocenters. The van der Waals surface area contributed by atoms with Crippen LogP contribution >= 0.6 is 34.3 Å². The Kier molecular flexibility index (Phi) is 5.96. The molecule has 1 aromatic carbocycles. The van der Waals surface area contributed by atoms with E-state index in [1.54, 1.807) is 6.07 Å². The van der Waals surface area contributed by atoms with Crippen molar-refractivity contribution in [1.82, 2.24) is 4.98 Å². The van der Waals surface area contributed by atoms with Crippen LogP contribution in [0.25, 0.3) is 10.6 Å². The van der Waals surface area contributed by atoms with Gasteiger partial charge in [-0.2, -0.15) is 0 Å². The van der Waals surface area contributed by atoms with Crippen molar-refractivity contribution in [2.75, 3.05) is 0 Å². The average Bonchev–Trinajstić information content (AvgIpc) is 3.30. The van der Waals surface area contributed by atoms with Gasteiger partial charge in [-0.1, -0.05) is 35.9 Å². The van der Waals surface area contributed by atoms with Crippen molar-refractivity contribution >= 4 is 46.0 Å². The van der Waals surface area contributed by atoms with Gasteiger partial charge in [0.25, 0.3) is 0 Å². The lowest BCUT2D eigenvalue weighted by Gasteiger charge is -2.02. The summed E-state index contributed by atoms with van der Waals surface area (Å²) in [5.74, 6) is -0.446. The predicted molar refractivity (Wildman–Crippen MR) is 100 cm³/mol. The molecule has 25 heavy (non-hydrogen) atoms. The SMILES string of the molecule is O=C(CCC(=O)c1cccs1)OCc1csc(-c2ccccc2Cl)n1. The molecular formula is C18H14ClNO3S2. The van der Waals surface area contributed by atoms with Gasteiger partial charge >= 0.3 is 5.97 Å². The number of ketones is 1. The van der Waals surface area contributed by atoms with Crippen molar-refractivity contribution in [2.24, 2.45) is 0 Å². The molecule has 3 rings (SSSR count). The Labute approximate surface area is 158 Å². The Bertz CT molecular complexity index is 874. The number of hydrogen-bond donors (Lipinski definition) is 0. The maximum Gasteiger partial charge on any atom is 0.306 e. The van der Waals surface area contributed by atoms with Gasteiger partial charge in [0.15, 0.2) is 5.78 Å². The molecule has 0 bridgehead atoms. The maximum atomic E-state index is 11.9. The summed E-state index contributed by atoms with van der Waals surface area (Å²) in [6.07, 6.45) is 0.222. The summed E-state index contributed by atoms with van der Waals surface area (Å²) < 4.78 is 5.20. The number of thiazole rings is 1. The number of ether oxygens (including phenoxy) is 1. The zero-order valence-electron chi connectivity index (χ0n) is 13.1. The number of hydrogen-bond acceptors (Lipinski definition) is 6. The van der Waals surface area contributed by atoms with E-state index in [9.17, 15) is 9.59 Å². The van der Waals surface area contributed by atoms with Gasteiger partial charge in [-0.15, -0.1) is 22.7 Å². The van der Waals surface area contributed by atoms with E-state index in [1.165, 1.54) is 22.7 Å². The zero-order chi connectivity index (χ0) is 17.6. The van der Waals surface area contributed by atoms with Gasteiger partial charge in [-0.25, -0.2) is 4.98 Å². The summed E-state index contributed by atoms with van der Waals surface area (Å²) in [6.45, 7) is 0.0903. The van der Waals surface area contributed by atoms with Crippen molar-refractivity contribution < 1.29 is 14.3 Å². The first-order valence-corrected chi connectivity index (χ1v) is 9.69. The molecule has 0 aliphatic rings. The van der Waals surface area contributed by atoms with Crippen LogP contribution in [0.1, 0.15) is 28.2 Å². The van der Waals surface area contributed by atoms with Crippen molar-refractivity contribution in [2.45, 2.75) is 19.4 Å². The molecule has 3 aromatic rings. The molecule has 0 aliphatic heterocycles. The number of rotatable bonds is 7. The standard InChI is InChI=1S/C18H14ClNO3S2/c19-14-5-2-1-4-13(14)18-20-12(11-25-18)10-23-17(22)8-7-15(21)16-6-3-9-24-16/h1-6,9,11H,7-8,10H2. The maximum absolute atomic E-state index is 11.9. The van der Waals surface area contributed by atoms with E-state index in [0.717, 1.165) is 10.6 Å². The molecule has 7 heteroatoms. The minimum Gasteiger partial charge on any atom is -0.459 e. The zero-order valence-corrected chi connectivity index (χ0v) is 15.5. The molecule has 128 valence electrons. The van der Waals surface area contributed by atoms with Gasteiger partial charge in [-0.05, 0) is 17.5 Å². The lowest BCUT2D eigenvalue weighted by Crippen LogP contribution is -2.07. The second kappa shape index (κ2) is 8.38. The molecule has 0 fully saturated rings. The third-order valence-electron chi connectivity index (χ3n) is 3.39. The highest BCUT2D eigenvalue weighted by molar-refractivity contribution is 7.13. The van der Waals surface area contributed by atoms with Gasteiger partial charge in [-0.3, -0.25) is 9.59 Å². The molecule has 0 saturated carbocycles. The Hall–Kier alpha value is -2.02. The summed E-state index contributed by atoms with van der Waals surface area (Å²) in [6, 6.07) is 11.0. The molecule has 4 nitrogen and oxygen atoms in total. The number of benzene rings is 1. The average molecular weight is 392 g/mol. The van der Waals surface area contributed by atoms with Crippen LogP contribution in [0.15, 0.2) is 47.2 Å². The first-order chi connectivity index (χ1) is 12.1. The molecule has 2 aromatic heterocycles. The molecule has 0 radical (unpaired) electrons. The van der Waals surface area contributed by atoms with Gasteiger partial charge in [0.2, 0.25) is 0 Å². The molecule has 0 aliphatic carbocycles. The summed E-state index contributed by atoms with van der Waals surface area (Å²) >= 11 is 8.98. The summed E-state index contributed by atoms with van der Waals surface area (Å²) in [5.41, 5.74) is 1.52. The minimum atomic E-state index is -0.405. The molecule has 0 amide bonds. The van der Waals surface area contributed by atoms with Crippen LogP contribution < -0.4 is 0 Å². The van der Waals surface area contributed by atoms with E-state index in [2.05, 4.69) is 4.98 Å². The van der Waals surface area contributed by atoms with E-state index in [4.69, 9.17) is 16.3 Å². The third-order valence-corrected chi connectivity index (χ3v) is 5.55. The molecule has 2 heterocycles. The number of carbonyl (C=O) groups is 2. The normalized spacial score (nSPS) is 10.6. The van der Waals surface area contributed by atoms with Crippen LogP contribution in [0.5, 0.6) is 0 Å². The topological polar surface area (TPSA) is 56.3 Å². The number of esters is 1. The lowest BCUT2D eigenvalue weighted by atomic mass is 10.2. The highest BCUT2D eigenvalue weighted by Crippen LogP contribution is 2.30. The van der Waals surface area contributed by atoms with E-state index >= 15 is 0 Å². The van der Waals surface area contributed by atoms with Crippen molar-refractivity contribution in [3.05, 3.63) is 62.8 Å². The van der Waals surface area contributed by atoms with Gasteiger partial charge in [0.05, 0.1) is 22.0 Å². The van der Waals surface area contributed by atoms with Gasteiger partial charge < -0.3 is 4.74 Å². The van der Waals surface area contributed by atoms with Crippen LogP contribution in [-0.4, -0.2) is 16.7 Å². The van der Waals surface area contributed by atoms with E-state index in [1.807, 2.05) is 41.1 Å². The number of Topliss-reactive ketones (excluding diaryl/α,β-unsaturated/α-hetero) is 1. The minimum absolute atomic E-state index is 0.0402. The number of aromatic nitrogens is 1. The molecular weight excluding hydrogens is 378 g/mol. The quantitative estimate of drug-likeness (QED) is 0.408. The summed E-state index contributed by atoms with van der Waals surface area (Å²) in [5, 5.41) is 5.09. The summed E-state index contributed by atoms with van der Waals surface area (Å²) in [4.78, 5) is 28.8. The Morgan fingerprint density at radius 1 is 1.08 bits per heavy atom. The van der Waals surface area contributed by atoms with Crippen LogP contribution in [0.3, 0.4) is 0 Å². The van der Waals surface area contributed by atoms with Crippen LogP contribution in [0.2, 0.25) is 5.02 Å². The Balaban J connectivity index is 1.50. The van der Waals surface area contributed by atoms with Crippen molar-refractivity contribution in [3.8, 4) is 10.6 Å². The lowest BCUT2D eigenvalue weighted by molar-refractivity contribution is -0.145. The van der Waals surface area contributed by atoms with E-state index in [-0.39, 0.29) is 25.2 Å². The van der Waals surface area contributed by atoms with Crippen molar-refractivity contribution in [1.29, 1.82) is 0 Å². The number of nitrogens with zero attached hydrogens (tertiary/aromatic N) is 1. The third kappa shape index (κ3) is 4.75. The van der Waals surface area contributed by atoms with Gasteiger partial charge in [0, 0.05) is 17.4 Å². The second-order valence-corrected chi connectivity index (χ2v) is 7.40. The highest BCUT2D eigenvalue weighted by atomic mass is 35.5. The van der Waals surface area contributed by atoms with Gasteiger partial charge in [0.1, 0.15) is 11.6 Å². The second-order valence-electron chi connectivity index (χ2n) is 5.19. The van der Waals surface area contributed by atoms with Crippen LogP contribution in [0, 0.1) is 0 Å². The number of carbonyl (C=O) groups excluding carboxylic acids is 2. The monoisotopic (exact) mass is 391 g/mol. The number of halogens is 1. The predicted octanol–water partition coefficient (Wildman–Crippen LogP) is 5.23. The van der Waals surface area contributed by atoms with Crippen LogP contribution in [-0.2, 0) is 16.1 Å². The fourth-order valence-electron chi connectivity index (χ4n) is 2.13. The first-order valence-electron chi connectivity index (χ1n) is 7.55. The first kappa shape index (κ1) is 17.8. The highest BCUT2D eigenvalue weighted by Gasteiger charge is 2.13. The van der Waals surface area contributed by atoms with Crippen LogP contribution in [0.4, 0.5) is 0 Å². The largest absolute Gasteiger partial charge is 0.459 e. The smallest absolute Gasteiger partial charge is 0.306 e. The molecule has 0 saturated heterocycles. The van der Waals surface area contributed by atoms with Crippen molar-refractivity contribution in [3.63, 3.8) is 0 Å². The fourth-order valence-corrected chi connectivity index (χ4v) is 3.95. The van der Waals surface area contributed by atoms with E-state index in [0.29, 0.717) is 15.6 Å². The fraction of sp³-hybridized carbons (Fsp3) is 0.167. The van der Waals surface area contributed by atoms with E-state index < -0.39 is 5.97 Å². The summed E-state index contributed by atoms with van der Waals surface area (Å²) in [7, 11) is 0. The molecule has 0 spiro atoms.